The normalized spacial score (nSPS) is 11.8. The molecule has 0 aromatic heterocycles. The fourth-order valence-corrected chi connectivity index (χ4v) is 4.86. The van der Waals surface area contributed by atoms with Crippen LogP contribution in [0.25, 0.3) is 10.8 Å². The molecule has 0 radical (unpaired) electrons. The highest BCUT2D eigenvalue weighted by Gasteiger charge is 2.16. The third-order valence-electron chi connectivity index (χ3n) is 7.29. The lowest BCUT2D eigenvalue weighted by Crippen LogP contribution is -2.45. The third kappa shape index (κ3) is 15.6. The van der Waals surface area contributed by atoms with E-state index in [0.29, 0.717) is 13.0 Å². The molecular weight excluding hydrogens is 514 g/mol. The van der Waals surface area contributed by atoms with Gasteiger partial charge in [-0.3, -0.25) is 14.4 Å². The number of amides is 3. The van der Waals surface area contributed by atoms with E-state index >= 15 is 0 Å². The second-order valence-corrected chi connectivity index (χ2v) is 10.9. The molecule has 0 aliphatic rings. The van der Waals surface area contributed by atoms with Crippen molar-refractivity contribution in [2.45, 2.75) is 96.4 Å². The van der Waals surface area contributed by atoms with Gasteiger partial charge >= 0.3 is 0 Å². The van der Waals surface area contributed by atoms with Crippen molar-refractivity contribution in [2.24, 2.45) is 5.73 Å². The van der Waals surface area contributed by atoms with Gasteiger partial charge in [-0.25, -0.2) is 0 Å². The lowest BCUT2D eigenvalue weighted by Gasteiger charge is -2.15. The van der Waals surface area contributed by atoms with Gasteiger partial charge in [0.15, 0.2) is 0 Å². The molecule has 0 saturated carbocycles. The van der Waals surface area contributed by atoms with Crippen molar-refractivity contribution >= 4 is 28.5 Å². The number of carbonyl (C=O) groups is 3. The first-order chi connectivity index (χ1) is 20.0. The summed E-state index contributed by atoms with van der Waals surface area (Å²) in [5.41, 5.74) is 6.44. The van der Waals surface area contributed by atoms with Crippen molar-refractivity contribution in [3.05, 3.63) is 48.0 Å². The summed E-state index contributed by atoms with van der Waals surface area (Å²) >= 11 is 0. The number of nitrogens with two attached hydrogens (primary N) is 1. The van der Waals surface area contributed by atoms with Gasteiger partial charge in [0.1, 0.15) is 6.04 Å². The smallest absolute Gasteiger partial charge is 0.242 e. The fourth-order valence-electron chi connectivity index (χ4n) is 4.86. The largest absolute Gasteiger partial charge is 0.356 e. The molecule has 6 N–H and O–H groups in total. The highest BCUT2D eigenvalue weighted by molar-refractivity contribution is 5.92. The summed E-state index contributed by atoms with van der Waals surface area (Å²) in [6.45, 7) is 5.77. The van der Waals surface area contributed by atoms with Crippen LogP contribution in [0, 0.1) is 0 Å². The Labute approximate surface area is 247 Å². The minimum Gasteiger partial charge on any atom is -0.356 e. The zero-order valence-corrected chi connectivity index (χ0v) is 25.1. The second kappa shape index (κ2) is 21.7. The van der Waals surface area contributed by atoms with Crippen LogP contribution in [0.3, 0.4) is 0 Å². The Morgan fingerprint density at radius 1 is 0.683 bits per heavy atom. The Bertz CT molecular complexity index is 1020. The molecule has 1 atom stereocenters. The summed E-state index contributed by atoms with van der Waals surface area (Å²) in [6.07, 6.45) is 12.7. The molecule has 2 aromatic rings. The number of fused-ring (bicyclic) bond motifs is 1. The summed E-state index contributed by atoms with van der Waals surface area (Å²) in [5, 5.41) is 14.3. The fraction of sp³-hybridized carbons (Fsp3) is 0.606. The maximum atomic E-state index is 12.5. The minimum absolute atomic E-state index is 0.143. The number of carbonyl (C=O) groups excluding carboxylic acids is 3. The van der Waals surface area contributed by atoms with E-state index in [1.165, 1.54) is 12.8 Å². The third-order valence-corrected chi connectivity index (χ3v) is 7.29. The highest BCUT2D eigenvalue weighted by atomic mass is 16.2. The van der Waals surface area contributed by atoms with Crippen molar-refractivity contribution in [1.82, 2.24) is 21.3 Å². The van der Waals surface area contributed by atoms with Crippen LogP contribution in [0.2, 0.25) is 0 Å². The van der Waals surface area contributed by atoms with Gasteiger partial charge in [-0.2, -0.15) is 0 Å². The van der Waals surface area contributed by atoms with E-state index in [-0.39, 0.29) is 24.1 Å². The molecule has 0 aliphatic heterocycles. The Hall–Kier alpha value is -2.97. The molecule has 0 fully saturated rings. The minimum atomic E-state index is -0.562. The van der Waals surface area contributed by atoms with Gasteiger partial charge in [0.2, 0.25) is 17.7 Å². The van der Waals surface area contributed by atoms with Gasteiger partial charge in [0, 0.05) is 19.5 Å². The van der Waals surface area contributed by atoms with Gasteiger partial charge in [-0.1, -0.05) is 81.0 Å². The van der Waals surface area contributed by atoms with Crippen LogP contribution in [0.4, 0.5) is 0 Å². The molecule has 0 saturated heterocycles. The van der Waals surface area contributed by atoms with Crippen molar-refractivity contribution in [1.29, 1.82) is 0 Å². The number of unbranched alkanes of at least 4 members (excludes halogenated alkanes) is 8. The van der Waals surface area contributed by atoms with E-state index in [0.717, 1.165) is 100 Å². The first-order valence-corrected chi connectivity index (χ1v) is 15.7. The van der Waals surface area contributed by atoms with Crippen LogP contribution in [-0.2, 0) is 20.8 Å². The summed E-state index contributed by atoms with van der Waals surface area (Å²) in [7, 11) is 0. The molecular formula is C33H53N5O3. The monoisotopic (exact) mass is 567 g/mol. The average Bonchev–Trinajstić information content (AvgIpc) is 2.97. The predicted molar refractivity (Wildman–Crippen MR) is 169 cm³/mol. The molecule has 0 bridgehead atoms. The summed E-state index contributed by atoms with van der Waals surface area (Å²) in [6, 6.07) is 13.4. The topological polar surface area (TPSA) is 125 Å². The zero-order valence-electron chi connectivity index (χ0n) is 25.1. The van der Waals surface area contributed by atoms with Crippen molar-refractivity contribution in [2.75, 3.05) is 32.7 Å². The number of hydrogen-bond donors (Lipinski definition) is 5. The van der Waals surface area contributed by atoms with Crippen LogP contribution < -0.4 is 27.0 Å². The molecule has 2 rings (SSSR count). The molecule has 1 unspecified atom stereocenters. The van der Waals surface area contributed by atoms with E-state index in [1.54, 1.807) is 6.92 Å². The van der Waals surface area contributed by atoms with Gasteiger partial charge < -0.3 is 27.0 Å². The number of hydrogen-bond acceptors (Lipinski definition) is 5. The predicted octanol–water partition coefficient (Wildman–Crippen LogP) is 4.35. The van der Waals surface area contributed by atoms with E-state index in [2.05, 4.69) is 21.3 Å². The first kappa shape index (κ1) is 34.2. The first-order valence-electron chi connectivity index (χ1n) is 15.7. The van der Waals surface area contributed by atoms with Crippen molar-refractivity contribution in [3.63, 3.8) is 0 Å². The molecule has 228 valence electrons. The molecule has 2 aromatic carbocycles. The quantitative estimate of drug-likeness (QED) is 0.128. The van der Waals surface area contributed by atoms with Crippen LogP contribution in [0.1, 0.15) is 89.5 Å². The van der Waals surface area contributed by atoms with Gasteiger partial charge in [0.25, 0.3) is 0 Å². The van der Waals surface area contributed by atoms with Crippen LogP contribution in [0.5, 0.6) is 0 Å². The molecule has 8 heteroatoms. The Kier molecular flexibility index (Phi) is 18.1. The van der Waals surface area contributed by atoms with Gasteiger partial charge in [-0.05, 0) is 75.0 Å². The van der Waals surface area contributed by atoms with E-state index in [1.807, 2.05) is 42.5 Å². The molecule has 8 nitrogen and oxygen atoms in total. The molecule has 0 aliphatic carbocycles. The van der Waals surface area contributed by atoms with E-state index in [4.69, 9.17) is 5.73 Å². The summed E-state index contributed by atoms with van der Waals surface area (Å²) < 4.78 is 0. The van der Waals surface area contributed by atoms with Crippen LogP contribution >= 0.6 is 0 Å². The Balaban J connectivity index is 1.40. The SMILES string of the molecule is CC(NC(=O)Cc1cccc2ccccc12)C(=O)NCCCCCCCCCCC(=O)NCCCNCCCCN. The average molecular weight is 568 g/mol. The van der Waals surface area contributed by atoms with Crippen LogP contribution in [0.15, 0.2) is 42.5 Å². The number of benzene rings is 2. The molecule has 0 spiro atoms. The molecule has 41 heavy (non-hydrogen) atoms. The van der Waals surface area contributed by atoms with Gasteiger partial charge in [-0.15, -0.1) is 0 Å². The second-order valence-electron chi connectivity index (χ2n) is 10.9. The lowest BCUT2D eigenvalue weighted by atomic mass is 10.0. The van der Waals surface area contributed by atoms with Gasteiger partial charge in [0.05, 0.1) is 6.42 Å². The van der Waals surface area contributed by atoms with E-state index in [9.17, 15) is 14.4 Å². The number of rotatable bonds is 23. The summed E-state index contributed by atoms with van der Waals surface area (Å²) in [4.78, 5) is 36.8. The highest BCUT2D eigenvalue weighted by Crippen LogP contribution is 2.19. The van der Waals surface area contributed by atoms with E-state index < -0.39 is 6.04 Å². The number of nitrogens with one attached hydrogen (secondary N) is 4. The lowest BCUT2D eigenvalue weighted by molar-refractivity contribution is -0.128. The maximum absolute atomic E-state index is 12.5. The standard InChI is InChI=1S/C33H53N5O3/c1-27(38-32(40)26-29-18-14-17-28-16-9-10-19-30(28)29)33(41)37-24-12-7-5-3-2-4-6-8-20-31(39)36-25-15-23-35-22-13-11-21-34/h9-10,14,16-19,27,35H,2-8,11-13,15,20-26,34H2,1H3,(H,36,39)(H,37,41)(H,38,40). The molecule has 0 heterocycles. The van der Waals surface area contributed by atoms with Crippen LogP contribution in [-0.4, -0.2) is 56.5 Å². The zero-order chi connectivity index (χ0) is 29.5. The Morgan fingerprint density at radius 3 is 2.10 bits per heavy atom. The van der Waals surface area contributed by atoms with Crippen molar-refractivity contribution in [3.8, 4) is 0 Å². The van der Waals surface area contributed by atoms with Crippen molar-refractivity contribution < 1.29 is 14.4 Å². The maximum Gasteiger partial charge on any atom is 0.242 e. The Morgan fingerprint density at radius 2 is 1.32 bits per heavy atom. The molecule has 3 amide bonds. The summed E-state index contributed by atoms with van der Waals surface area (Å²) in [5.74, 6) is -0.133.